The van der Waals surface area contributed by atoms with E-state index in [0.717, 1.165) is 12.3 Å². The number of aliphatic hydroxyl groups is 1. The first-order valence-electron chi connectivity index (χ1n) is 10.9. The minimum atomic E-state index is -4.12. The molecule has 4 atom stereocenters. The lowest BCUT2D eigenvalue weighted by Gasteiger charge is -2.32. The third kappa shape index (κ3) is 4.82. The summed E-state index contributed by atoms with van der Waals surface area (Å²) in [6.07, 6.45) is 2.31. The van der Waals surface area contributed by atoms with Crippen LogP contribution >= 0.6 is 11.6 Å². The molecule has 0 saturated heterocycles. The van der Waals surface area contributed by atoms with Gasteiger partial charge in [0.1, 0.15) is 0 Å². The number of fused-ring (bicyclic) bond motifs is 2. The number of sulfone groups is 1. The summed E-state index contributed by atoms with van der Waals surface area (Å²) in [5.41, 5.74) is -1.92. The molecule has 0 aliphatic heterocycles. The Hall–Kier alpha value is -2.67. The first-order valence-corrected chi connectivity index (χ1v) is 12.9. The lowest BCUT2D eigenvalue weighted by atomic mass is 9.85. The molecule has 2 fully saturated rings. The minimum absolute atomic E-state index is 0.0571. The van der Waals surface area contributed by atoms with Crippen LogP contribution in [0.4, 0.5) is 18.9 Å². The number of rotatable bonds is 8. The molecule has 0 radical (unpaired) electrons. The highest BCUT2D eigenvalue weighted by Crippen LogP contribution is 2.55. The highest BCUT2D eigenvalue weighted by molar-refractivity contribution is 7.92. The van der Waals surface area contributed by atoms with Gasteiger partial charge < -0.3 is 20.4 Å². The molecule has 194 valence electrons. The van der Waals surface area contributed by atoms with Crippen molar-refractivity contribution >= 4 is 39.2 Å². The highest BCUT2D eigenvalue weighted by atomic mass is 35.5. The molecule has 2 aromatic rings. The molecule has 1 amide bonds. The van der Waals surface area contributed by atoms with Crippen LogP contribution in [0.25, 0.3) is 0 Å². The number of hydrogen-bond acceptors (Lipinski definition) is 7. The van der Waals surface area contributed by atoms with Crippen LogP contribution in [0.1, 0.15) is 29.6 Å². The van der Waals surface area contributed by atoms with E-state index in [1.165, 1.54) is 12.1 Å². The molecule has 3 N–H and O–H groups in total. The van der Waals surface area contributed by atoms with Crippen LogP contribution in [0, 0.1) is 29.3 Å². The van der Waals surface area contributed by atoms with Crippen molar-refractivity contribution in [2.24, 2.45) is 17.0 Å². The Bertz CT molecular complexity index is 1300. The second-order valence-corrected chi connectivity index (χ2v) is 11.4. The number of nitrogens with one attached hydrogen (secondary N) is 1. The van der Waals surface area contributed by atoms with E-state index < -0.39 is 50.0 Å². The van der Waals surface area contributed by atoms with Crippen molar-refractivity contribution in [1.29, 1.82) is 0 Å². The number of nitrogens with zero attached hydrogens (tertiary/aromatic N) is 1. The average Bonchev–Trinajstić information content (AvgIpc) is 3.37. The van der Waals surface area contributed by atoms with Crippen LogP contribution in [-0.4, -0.2) is 54.9 Å². The predicted molar refractivity (Wildman–Crippen MR) is 124 cm³/mol. The standard InChI is InChI=1S/C23H22ClF3N2O6S/c24-16-4-2-12(22(30)29-14-8-17(25)20(27)18(26)9-14)7-19(16)36(33,34)21-13-1-3-15(21)23(31,10-13)11-35-6-5-28-32/h2,4-5,7-9,13,15,21,31-32H,1,3,6,10-11H2,(H,29,30)/b28-5+/t13?,15?,21-,23+/m1/s1. The second kappa shape index (κ2) is 10.0. The monoisotopic (exact) mass is 546 g/mol. The quantitative estimate of drug-likeness (QED) is 0.152. The van der Waals surface area contributed by atoms with E-state index in [1.54, 1.807) is 0 Å². The fourth-order valence-corrected chi connectivity index (χ4v) is 8.17. The van der Waals surface area contributed by atoms with Crippen molar-refractivity contribution in [3.8, 4) is 0 Å². The van der Waals surface area contributed by atoms with Crippen molar-refractivity contribution in [3.63, 3.8) is 0 Å². The summed E-state index contributed by atoms with van der Waals surface area (Å²) in [5, 5.41) is 23.5. The average molecular weight is 547 g/mol. The van der Waals surface area contributed by atoms with Gasteiger partial charge in [-0.25, -0.2) is 21.6 Å². The molecule has 13 heteroatoms. The Kier molecular flexibility index (Phi) is 7.33. The zero-order valence-electron chi connectivity index (χ0n) is 18.6. The number of amides is 1. The molecule has 36 heavy (non-hydrogen) atoms. The van der Waals surface area contributed by atoms with Gasteiger partial charge in [-0.2, -0.15) is 0 Å². The number of oxime groups is 1. The number of anilines is 1. The summed E-state index contributed by atoms with van der Waals surface area (Å²) in [6.45, 7) is -0.203. The van der Waals surface area contributed by atoms with Crippen LogP contribution in [0.3, 0.4) is 0 Å². The third-order valence-corrected chi connectivity index (χ3v) is 9.56. The van der Waals surface area contributed by atoms with Gasteiger partial charge in [0.15, 0.2) is 27.3 Å². The summed E-state index contributed by atoms with van der Waals surface area (Å²) in [7, 11) is -4.12. The number of hydrogen-bond donors (Lipinski definition) is 3. The molecule has 2 bridgehead atoms. The molecule has 8 nitrogen and oxygen atoms in total. The lowest BCUT2D eigenvalue weighted by molar-refractivity contribution is -0.0734. The normalized spacial score (nSPS) is 25.5. The van der Waals surface area contributed by atoms with Crippen LogP contribution in [-0.2, 0) is 14.6 Å². The van der Waals surface area contributed by atoms with Crippen LogP contribution in [0.15, 0.2) is 40.4 Å². The van der Waals surface area contributed by atoms with Gasteiger partial charge in [0, 0.05) is 29.3 Å². The zero-order chi connectivity index (χ0) is 26.3. The van der Waals surface area contributed by atoms with Crippen molar-refractivity contribution in [1.82, 2.24) is 0 Å². The Labute approximate surface area is 209 Å². The van der Waals surface area contributed by atoms with Crippen LogP contribution < -0.4 is 5.32 Å². The van der Waals surface area contributed by atoms with Crippen molar-refractivity contribution in [2.45, 2.75) is 35.0 Å². The molecular formula is C23H22ClF3N2O6S. The second-order valence-electron chi connectivity index (χ2n) is 8.93. The van der Waals surface area contributed by atoms with Gasteiger partial charge in [-0.3, -0.25) is 4.79 Å². The minimum Gasteiger partial charge on any atom is -0.411 e. The highest BCUT2D eigenvalue weighted by Gasteiger charge is 2.61. The van der Waals surface area contributed by atoms with Gasteiger partial charge in [-0.15, -0.1) is 0 Å². The predicted octanol–water partition coefficient (Wildman–Crippen LogP) is 3.79. The molecule has 2 aromatic carbocycles. The van der Waals surface area contributed by atoms with Crippen LogP contribution in [0.2, 0.25) is 5.02 Å². The van der Waals surface area contributed by atoms with Gasteiger partial charge in [0.2, 0.25) is 0 Å². The summed E-state index contributed by atoms with van der Waals surface area (Å²) < 4.78 is 72.8. The number of carbonyl (C=O) groups is 1. The summed E-state index contributed by atoms with van der Waals surface area (Å²) in [4.78, 5) is 12.4. The van der Waals surface area contributed by atoms with Gasteiger partial charge in [0.25, 0.3) is 5.91 Å². The molecule has 2 unspecified atom stereocenters. The SMILES string of the molecule is O=C(Nc1cc(F)c(F)c(F)c1)c1ccc(Cl)c(S(=O)(=O)[C@@H]2C3CCC2[C@@](O)(COC/C=N/O)C3)c1. The first kappa shape index (κ1) is 26.4. The maximum Gasteiger partial charge on any atom is 0.255 e. The van der Waals surface area contributed by atoms with E-state index in [2.05, 4.69) is 10.5 Å². The topological polar surface area (TPSA) is 125 Å². The Morgan fingerprint density at radius 2 is 1.92 bits per heavy atom. The van der Waals surface area contributed by atoms with E-state index in [9.17, 15) is 31.5 Å². The summed E-state index contributed by atoms with van der Waals surface area (Å²) >= 11 is 6.21. The third-order valence-electron chi connectivity index (χ3n) is 6.74. The van der Waals surface area contributed by atoms with Gasteiger partial charge in [-0.1, -0.05) is 16.8 Å². The smallest absolute Gasteiger partial charge is 0.255 e. The summed E-state index contributed by atoms with van der Waals surface area (Å²) in [5.74, 6) is -6.58. The summed E-state index contributed by atoms with van der Waals surface area (Å²) in [6, 6.07) is 4.71. The molecule has 0 aromatic heterocycles. The van der Waals surface area contributed by atoms with Crippen LogP contribution in [0.5, 0.6) is 0 Å². The fourth-order valence-electron chi connectivity index (χ4n) is 5.25. The molecule has 4 rings (SSSR count). The van der Waals surface area contributed by atoms with Crippen molar-refractivity contribution < 1.29 is 41.4 Å². The molecule has 2 aliphatic rings. The zero-order valence-corrected chi connectivity index (χ0v) is 20.2. The first-order chi connectivity index (χ1) is 17.0. The Balaban J connectivity index is 1.59. The maximum absolute atomic E-state index is 13.7. The lowest BCUT2D eigenvalue weighted by Crippen LogP contribution is -2.43. The Morgan fingerprint density at radius 1 is 1.22 bits per heavy atom. The van der Waals surface area contributed by atoms with Crippen molar-refractivity contribution in [3.05, 3.63) is 58.4 Å². The fraction of sp³-hybridized carbons (Fsp3) is 0.391. The number of carbonyl (C=O) groups excluding carboxylic acids is 1. The molecule has 2 saturated carbocycles. The van der Waals surface area contributed by atoms with E-state index in [1.807, 2.05) is 0 Å². The largest absolute Gasteiger partial charge is 0.411 e. The number of halogens is 4. The van der Waals surface area contributed by atoms with E-state index in [-0.39, 0.29) is 46.7 Å². The Morgan fingerprint density at radius 3 is 2.58 bits per heavy atom. The maximum atomic E-state index is 13.7. The number of benzene rings is 2. The van der Waals surface area contributed by atoms with E-state index >= 15 is 0 Å². The molecule has 0 heterocycles. The van der Waals surface area contributed by atoms with Gasteiger partial charge in [0.05, 0.1) is 40.2 Å². The van der Waals surface area contributed by atoms with Gasteiger partial charge in [-0.05, 0) is 43.4 Å². The molecular weight excluding hydrogens is 525 g/mol. The van der Waals surface area contributed by atoms with Gasteiger partial charge >= 0.3 is 0 Å². The number of ether oxygens (including phenoxy) is 1. The van der Waals surface area contributed by atoms with Crippen molar-refractivity contribution in [2.75, 3.05) is 18.5 Å². The van der Waals surface area contributed by atoms with E-state index in [4.69, 9.17) is 21.5 Å². The molecule has 2 aliphatic carbocycles. The van der Waals surface area contributed by atoms with E-state index in [0.29, 0.717) is 25.0 Å². The molecule has 0 spiro atoms.